The van der Waals surface area contributed by atoms with Gasteiger partial charge in [0, 0.05) is 25.7 Å². The van der Waals surface area contributed by atoms with Crippen molar-refractivity contribution in [2.75, 3.05) is 39.6 Å². The summed E-state index contributed by atoms with van der Waals surface area (Å²) in [6, 6.07) is 0. The van der Waals surface area contributed by atoms with Crippen LogP contribution in [0.2, 0.25) is 0 Å². The maximum Gasteiger partial charge on any atom is 0.472 e. The number of aliphatic hydroxyl groups is 1. The second kappa shape index (κ2) is 74.2. The largest absolute Gasteiger partial charge is 0.472 e. The molecule has 17 nitrogen and oxygen atoms in total. The van der Waals surface area contributed by atoms with Gasteiger partial charge in [-0.05, 0) is 161 Å². The van der Waals surface area contributed by atoms with E-state index in [1.165, 1.54) is 19.3 Å². The maximum absolute atomic E-state index is 13.1. The number of hydrogen-bond acceptors (Lipinski definition) is 15. The molecule has 3 N–H and O–H groups in total. The molecule has 0 rings (SSSR count). The minimum Gasteiger partial charge on any atom is -0.462 e. The molecule has 19 heteroatoms. The quantitative estimate of drug-likeness (QED) is 0.0169. The van der Waals surface area contributed by atoms with Gasteiger partial charge in [-0.3, -0.25) is 37.3 Å². The van der Waals surface area contributed by atoms with Crippen molar-refractivity contribution in [2.45, 2.75) is 316 Å². The summed E-state index contributed by atoms with van der Waals surface area (Å²) < 4.78 is 68.5. The van der Waals surface area contributed by atoms with Crippen LogP contribution in [-0.2, 0) is 65.4 Å². The number of rotatable bonds is 72. The van der Waals surface area contributed by atoms with Crippen molar-refractivity contribution in [3.63, 3.8) is 0 Å². The van der Waals surface area contributed by atoms with Crippen LogP contribution < -0.4 is 0 Å². The van der Waals surface area contributed by atoms with Crippen LogP contribution in [0.15, 0.2) is 146 Å². The van der Waals surface area contributed by atoms with E-state index in [2.05, 4.69) is 174 Å². The summed E-state index contributed by atoms with van der Waals surface area (Å²) in [4.78, 5) is 72.9. The summed E-state index contributed by atoms with van der Waals surface area (Å²) in [5, 5.41) is 10.6. The van der Waals surface area contributed by atoms with Gasteiger partial charge in [0.15, 0.2) is 12.2 Å². The van der Waals surface area contributed by atoms with Crippen molar-refractivity contribution in [2.24, 2.45) is 0 Å². The van der Waals surface area contributed by atoms with Gasteiger partial charge in [-0.2, -0.15) is 0 Å². The van der Waals surface area contributed by atoms with Crippen molar-refractivity contribution < 1.29 is 80.2 Å². The molecule has 0 fully saturated rings. The molecule has 0 spiro atoms. The Labute approximate surface area is 617 Å². The van der Waals surface area contributed by atoms with Crippen LogP contribution in [0.1, 0.15) is 297 Å². The Morgan fingerprint density at radius 1 is 0.284 bits per heavy atom. The zero-order valence-corrected chi connectivity index (χ0v) is 65.3. The number of phosphoric ester groups is 2. The molecule has 0 heterocycles. The van der Waals surface area contributed by atoms with Crippen LogP contribution in [0.25, 0.3) is 0 Å². The number of hydrogen-bond donors (Lipinski definition) is 3. The van der Waals surface area contributed by atoms with Crippen molar-refractivity contribution in [1.29, 1.82) is 0 Å². The molecular formula is C83H138O17P2. The summed E-state index contributed by atoms with van der Waals surface area (Å²) in [6.45, 7) is 4.45. The third-order valence-electron chi connectivity index (χ3n) is 15.7. The number of phosphoric acid groups is 2. The number of ether oxygens (including phenoxy) is 4. The van der Waals surface area contributed by atoms with E-state index in [0.717, 1.165) is 193 Å². The van der Waals surface area contributed by atoms with E-state index in [4.69, 9.17) is 37.0 Å². The first-order chi connectivity index (χ1) is 49.7. The molecule has 5 atom stereocenters. The van der Waals surface area contributed by atoms with Gasteiger partial charge in [0.1, 0.15) is 19.3 Å². The van der Waals surface area contributed by atoms with Crippen LogP contribution in [0.5, 0.6) is 0 Å². The summed E-state index contributed by atoms with van der Waals surface area (Å²) in [5.74, 6) is -2.28. The molecular weight excluding hydrogens is 1330 g/mol. The van der Waals surface area contributed by atoms with Gasteiger partial charge >= 0.3 is 39.5 Å². The number of carbonyl (C=O) groups is 4. The van der Waals surface area contributed by atoms with Crippen LogP contribution in [-0.4, -0.2) is 96.7 Å². The summed E-state index contributed by atoms with van der Waals surface area (Å²) in [6.07, 6.45) is 84.1. The standard InChI is InChI=1S/C83H138O17P2/c1-5-9-13-17-21-25-29-33-36-37-38-39-42-45-48-52-56-60-64-68-81(86)94-74-79(100-83(88)70-66-62-58-54-50-46-41-35-31-27-23-19-15-11-7-3)76-98-102(91,92)96-72-77(84)71-95-101(89,90)97-75-78(99-82(87)69-65-61-57-53-49-43-32-28-24-20-16-12-8-4)73-93-80(85)67-63-59-55-51-47-44-40-34-30-26-22-18-14-10-6-2/h10-11,14-16,20-23,25-28,32-36,38-41,50,54,77-79,84H,5-9,12-13,17-19,24,29-31,37,42-49,51-53,55-76H2,1-4H3,(H,89,90)(H,91,92)/b14-10-,15-11-,20-16-,25-21-,26-22-,27-23-,32-28-,36-33-,39-38-,40-34-,41-35-,54-50-. The van der Waals surface area contributed by atoms with E-state index in [1.54, 1.807) is 0 Å². The molecule has 0 aliphatic rings. The van der Waals surface area contributed by atoms with E-state index < -0.39 is 97.5 Å². The molecule has 0 aromatic heterocycles. The molecule has 0 saturated heterocycles. The molecule has 0 aromatic carbocycles. The summed E-state index contributed by atoms with van der Waals surface area (Å²) in [5.41, 5.74) is 0. The fraction of sp³-hybridized carbons (Fsp3) is 0.663. The number of esters is 4. The fourth-order valence-electron chi connectivity index (χ4n) is 9.86. The number of unbranched alkanes of at least 4 members (excludes halogenated alkanes) is 22. The lowest BCUT2D eigenvalue weighted by Crippen LogP contribution is -2.30. The third kappa shape index (κ3) is 73.3. The summed E-state index contributed by atoms with van der Waals surface area (Å²) in [7, 11) is -9.99. The molecule has 0 saturated carbocycles. The van der Waals surface area contributed by atoms with Crippen LogP contribution in [0.4, 0.5) is 0 Å². The molecule has 5 unspecified atom stereocenters. The predicted octanol–water partition coefficient (Wildman–Crippen LogP) is 22.7. The lowest BCUT2D eigenvalue weighted by molar-refractivity contribution is -0.161. The minimum absolute atomic E-state index is 0.0351. The van der Waals surface area contributed by atoms with E-state index in [9.17, 15) is 43.2 Å². The lowest BCUT2D eigenvalue weighted by Gasteiger charge is -2.21. The Morgan fingerprint density at radius 2 is 0.529 bits per heavy atom. The van der Waals surface area contributed by atoms with Crippen molar-refractivity contribution in [3.8, 4) is 0 Å². The van der Waals surface area contributed by atoms with Crippen LogP contribution >= 0.6 is 15.6 Å². The van der Waals surface area contributed by atoms with E-state index in [0.29, 0.717) is 32.1 Å². The van der Waals surface area contributed by atoms with Gasteiger partial charge in [-0.25, -0.2) is 9.13 Å². The maximum atomic E-state index is 13.1. The molecule has 0 amide bonds. The Hall–Kier alpha value is -5.06. The normalized spacial score (nSPS) is 14.7. The highest BCUT2D eigenvalue weighted by molar-refractivity contribution is 7.47. The second-order valence-corrected chi connectivity index (χ2v) is 28.4. The molecule has 0 aliphatic carbocycles. The highest BCUT2D eigenvalue weighted by Gasteiger charge is 2.30. The highest BCUT2D eigenvalue weighted by atomic mass is 31.2. The van der Waals surface area contributed by atoms with Gasteiger partial charge in [0.25, 0.3) is 0 Å². The fourth-order valence-corrected chi connectivity index (χ4v) is 11.4. The first-order valence-corrected chi connectivity index (χ1v) is 42.1. The van der Waals surface area contributed by atoms with Gasteiger partial charge in [0.05, 0.1) is 26.4 Å². The minimum atomic E-state index is -5.00. The van der Waals surface area contributed by atoms with Gasteiger partial charge < -0.3 is 33.8 Å². The molecule has 0 aliphatic heterocycles. The van der Waals surface area contributed by atoms with Crippen molar-refractivity contribution >= 4 is 39.5 Å². The smallest absolute Gasteiger partial charge is 0.462 e. The first kappa shape index (κ1) is 96.9. The van der Waals surface area contributed by atoms with E-state index in [-0.39, 0.29) is 25.7 Å². The Balaban J connectivity index is 5.41. The van der Waals surface area contributed by atoms with Gasteiger partial charge in [0.2, 0.25) is 0 Å². The van der Waals surface area contributed by atoms with Crippen molar-refractivity contribution in [3.05, 3.63) is 146 Å². The highest BCUT2D eigenvalue weighted by Crippen LogP contribution is 2.45. The number of carbonyl (C=O) groups excluding carboxylic acids is 4. The Bertz CT molecular complexity index is 2510. The summed E-state index contributed by atoms with van der Waals surface area (Å²) >= 11 is 0. The zero-order chi connectivity index (χ0) is 74.6. The van der Waals surface area contributed by atoms with Crippen LogP contribution in [0, 0.1) is 0 Å². The number of allylic oxidation sites excluding steroid dienone is 24. The topological polar surface area (TPSA) is 237 Å². The Morgan fingerprint density at radius 3 is 0.843 bits per heavy atom. The first-order valence-electron chi connectivity index (χ1n) is 39.1. The molecule has 0 radical (unpaired) electrons. The molecule has 0 bridgehead atoms. The van der Waals surface area contributed by atoms with Crippen molar-refractivity contribution in [1.82, 2.24) is 0 Å². The third-order valence-corrected chi connectivity index (χ3v) is 17.7. The average molecular weight is 1470 g/mol. The Kier molecular flexibility index (Phi) is 70.5. The zero-order valence-electron chi connectivity index (χ0n) is 63.5. The lowest BCUT2D eigenvalue weighted by atomic mass is 10.1. The average Bonchev–Trinajstić information content (AvgIpc) is 0.907. The van der Waals surface area contributed by atoms with Crippen LogP contribution in [0.3, 0.4) is 0 Å². The molecule has 582 valence electrons. The van der Waals surface area contributed by atoms with Gasteiger partial charge in [-0.15, -0.1) is 0 Å². The molecule has 0 aromatic rings. The van der Waals surface area contributed by atoms with E-state index >= 15 is 0 Å². The van der Waals surface area contributed by atoms with Gasteiger partial charge in [-0.1, -0.05) is 257 Å². The molecule has 102 heavy (non-hydrogen) atoms. The van der Waals surface area contributed by atoms with E-state index in [1.807, 2.05) is 0 Å². The predicted molar refractivity (Wildman–Crippen MR) is 417 cm³/mol. The second-order valence-electron chi connectivity index (χ2n) is 25.5. The monoisotopic (exact) mass is 1470 g/mol. The number of aliphatic hydroxyl groups excluding tert-OH is 1. The SMILES string of the molecule is CC/C=C\C/C=C\C/C=C\C/C=C\CCCCC(=O)OC(COC(=O)CCCCCCCC/C=C\C/C=C\C/C=C\CCCCC)COP(=O)(O)OCC(O)COP(=O)(O)OCC(COC(=O)CCCCCCC/C=C\C/C=C\C/C=C\CC)OC(=O)CCCCCCC/C=C\C/C=C\CCC.